The summed E-state index contributed by atoms with van der Waals surface area (Å²) in [6.45, 7) is 10.2. The van der Waals surface area contributed by atoms with Gasteiger partial charge in [-0.1, -0.05) is 43.6 Å². The van der Waals surface area contributed by atoms with E-state index in [-0.39, 0.29) is 23.3 Å². The van der Waals surface area contributed by atoms with Crippen molar-refractivity contribution in [3.05, 3.63) is 57.2 Å². The summed E-state index contributed by atoms with van der Waals surface area (Å²) >= 11 is 0. The van der Waals surface area contributed by atoms with Crippen molar-refractivity contribution in [2.45, 2.75) is 65.2 Å². The minimum absolute atomic E-state index is 0.0676. The van der Waals surface area contributed by atoms with Crippen LogP contribution in [0.25, 0.3) is 0 Å². The maximum Gasteiger partial charge on any atom is 0.299 e. The number of phenolic OH excluding ortho intramolecular Hbond substituents is 1. The van der Waals surface area contributed by atoms with Crippen LogP contribution in [0.15, 0.2) is 35.9 Å². The van der Waals surface area contributed by atoms with Crippen LogP contribution in [-0.2, 0) is 6.42 Å². The number of phenols is 1. The Morgan fingerprint density at radius 1 is 1.42 bits per heavy atom. The van der Waals surface area contributed by atoms with Gasteiger partial charge in [0.25, 0.3) is 5.09 Å². The van der Waals surface area contributed by atoms with Crippen LogP contribution in [-0.4, -0.2) is 10.2 Å². The molecule has 142 valence electrons. The van der Waals surface area contributed by atoms with E-state index in [1.807, 2.05) is 13.8 Å². The van der Waals surface area contributed by atoms with Crippen LogP contribution in [0, 0.1) is 16.0 Å². The first-order chi connectivity index (χ1) is 12.3. The van der Waals surface area contributed by atoms with Gasteiger partial charge in [-0.2, -0.15) is 0 Å². The summed E-state index contributed by atoms with van der Waals surface area (Å²) in [5.74, 6) is 0.173. The number of hydrogen-bond acceptors (Lipinski definition) is 4. The van der Waals surface area contributed by atoms with Crippen molar-refractivity contribution >= 4 is 0 Å². The molecule has 2 atom stereocenters. The molecule has 0 spiro atoms. The number of aromatic hydroxyl groups is 1. The molecule has 0 saturated heterocycles. The lowest BCUT2D eigenvalue weighted by molar-refractivity contribution is -0.711. The fraction of sp³-hybridized carbons (Fsp3) is 0.524. The van der Waals surface area contributed by atoms with Gasteiger partial charge in [-0.15, -0.1) is 10.1 Å². The zero-order chi connectivity index (χ0) is 19.3. The highest BCUT2D eigenvalue weighted by Crippen LogP contribution is 2.47. The third kappa shape index (κ3) is 4.87. The largest absolute Gasteiger partial charge is 0.508 e. The zero-order valence-electron chi connectivity index (χ0n) is 16.0. The summed E-state index contributed by atoms with van der Waals surface area (Å²) in [5.41, 5.74) is 3.58. The van der Waals surface area contributed by atoms with Crippen LogP contribution in [0.4, 0.5) is 0 Å². The second kappa shape index (κ2) is 8.88. The molecule has 2 rings (SSSR count). The van der Waals surface area contributed by atoms with Gasteiger partial charge in [0, 0.05) is 11.5 Å². The molecule has 26 heavy (non-hydrogen) atoms. The van der Waals surface area contributed by atoms with Crippen molar-refractivity contribution in [3.8, 4) is 11.5 Å². The lowest BCUT2D eigenvalue weighted by Crippen LogP contribution is -2.19. The molecular weight excluding hydrogens is 330 g/mol. The molecular formula is C21H29NO4. The summed E-state index contributed by atoms with van der Waals surface area (Å²) in [6, 6.07) is 3.44. The van der Waals surface area contributed by atoms with Gasteiger partial charge in [0.2, 0.25) is 0 Å². The molecule has 5 heteroatoms. The van der Waals surface area contributed by atoms with Gasteiger partial charge in [-0.05, 0) is 63.1 Å². The summed E-state index contributed by atoms with van der Waals surface area (Å²) in [6.07, 6.45) is 7.88. The smallest absolute Gasteiger partial charge is 0.299 e. The van der Waals surface area contributed by atoms with Gasteiger partial charge in [0.15, 0.2) is 0 Å². The number of nitrogens with zero attached hydrogens (tertiary/aromatic N) is 1. The van der Waals surface area contributed by atoms with Gasteiger partial charge in [-0.25, -0.2) is 0 Å². The van der Waals surface area contributed by atoms with E-state index in [9.17, 15) is 15.2 Å². The SMILES string of the molecule is C=C(C)[C@@H]1CCC(C)=C[C@H]1c1c(O)cc(CCCCC)cc1O[N+](=O)[O-]. The van der Waals surface area contributed by atoms with Gasteiger partial charge in [-0.3, -0.25) is 4.84 Å². The molecule has 1 aliphatic rings. The molecule has 0 unspecified atom stereocenters. The number of allylic oxidation sites excluding steroid dienone is 3. The van der Waals surface area contributed by atoms with Gasteiger partial charge in [0.1, 0.15) is 11.5 Å². The fourth-order valence-corrected chi connectivity index (χ4v) is 3.79. The molecule has 0 saturated carbocycles. The minimum Gasteiger partial charge on any atom is -0.508 e. The molecule has 1 aliphatic carbocycles. The van der Waals surface area contributed by atoms with E-state index in [1.165, 1.54) is 5.57 Å². The first-order valence-corrected chi connectivity index (χ1v) is 9.34. The van der Waals surface area contributed by atoms with Crippen molar-refractivity contribution in [3.63, 3.8) is 0 Å². The molecule has 0 bridgehead atoms. The Hall–Kier alpha value is -2.30. The standard InChI is InChI=1S/C21H29NO4/c1-5-6-7-8-16-12-19(23)21(20(13-16)26-22(24)25)18-11-15(4)9-10-17(18)14(2)3/h11-13,17-18,23H,2,5-10H2,1,3-4H3/t17-,18+/m0/s1. The lowest BCUT2D eigenvalue weighted by atomic mass is 9.73. The van der Waals surface area contributed by atoms with Gasteiger partial charge >= 0.3 is 0 Å². The highest BCUT2D eigenvalue weighted by atomic mass is 17.0. The molecule has 0 heterocycles. The monoisotopic (exact) mass is 359 g/mol. The molecule has 0 amide bonds. The van der Waals surface area contributed by atoms with E-state index < -0.39 is 5.09 Å². The third-order valence-electron chi connectivity index (χ3n) is 5.14. The predicted molar refractivity (Wildman–Crippen MR) is 103 cm³/mol. The summed E-state index contributed by atoms with van der Waals surface area (Å²) in [4.78, 5) is 15.9. The molecule has 0 radical (unpaired) electrons. The first-order valence-electron chi connectivity index (χ1n) is 9.34. The van der Waals surface area contributed by atoms with E-state index in [0.717, 1.165) is 49.7 Å². The maximum atomic E-state index is 11.0. The zero-order valence-corrected chi connectivity index (χ0v) is 16.0. The maximum absolute atomic E-state index is 11.0. The number of hydrogen-bond donors (Lipinski definition) is 1. The molecule has 5 nitrogen and oxygen atoms in total. The van der Waals surface area contributed by atoms with E-state index >= 15 is 0 Å². The van der Waals surface area contributed by atoms with E-state index in [0.29, 0.717) is 5.56 Å². The molecule has 1 aromatic rings. The second-order valence-corrected chi connectivity index (χ2v) is 7.33. The normalized spacial score (nSPS) is 19.7. The van der Waals surface area contributed by atoms with Crippen molar-refractivity contribution in [1.29, 1.82) is 0 Å². The number of rotatable bonds is 8. The Labute approximate surface area is 155 Å². The topological polar surface area (TPSA) is 72.6 Å². The Morgan fingerprint density at radius 2 is 2.15 bits per heavy atom. The summed E-state index contributed by atoms with van der Waals surface area (Å²) in [5, 5.41) is 21.0. The Bertz CT molecular complexity index is 708. The lowest BCUT2D eigenvalue weighted by Gasteiger charge is -2.32. The van der Waals surface area contributed by atoms with Gasteiger partial charge < -0.3 is 5.11 Å². The van der Waals surface area contributed by atoms with Crippen LogP contribution < -0.4 is 4.84 Å². The highest BCUT2D eigenvalue weighted by molar-refractivity contribution is 5.52. The number of aryl methyl sites for hydroxylation is 1. The van der Waals surface area contributed by atoms with Crippen LogP contribution in [0.3, 0.4) is 0 Å². The number of benzene rings is 1. The van der Waals surface area contributed by atoms with Crippen molar-refractivity contribution < 1.29 is 15.0 Å². The average Bonchev–Trinajstić information content (AvgIpc) is 2.54. The second-order valence-electron chi connectivity index (χ2n) is 7.33. The van der Waals surface area contributed by atoms with Crippen LogP contribution in [0.2, 0.25) is 0 Å². The van der Waals surface area contributed by atoms with Crippen LogP contribution in [0.5, 0.6) is 11.5 Å². The van der Waals surface area contributed by atoms with Crippen molar-refractivity contribution in [2.24, 2.45) is 5.92 Å². The summed E-state index contributed by atoms with van der Waals surface area (Å²) in [7, 11) is 0. The average molecular weight is 359 g/mol. The van der Waals surface area contributed by atoms with E-state index in [2.05, 4.69) is 19.6 Å². The molecule has 0 aromatic heterocycles. The highest BCUT2D eigenvalue weighted by Gasteiger charge is 2.31. The predicted octanol–water partition coefficient (Wildman–Crippen LogP) is 5.71. The molecule has 1 N–H and O–H groups in total. The van der Waals surface area contributed by atoms with Crippen molar-refractivity contribution in [2.75, 3.05) is 0 Å². The third-order valence-corrected chi connectivity index (χ3v) is 5.14. The van der Waals surface area contributed by atoms with Crippen molar-refractivity contribution in [1.82, 2.24) is 0 Å². The Balaban J connectivity index is 2.49. The molecule has 0 fully saturated rings. The van der Waals surface area contributed by atoms with Gasteiger partial charge in [0.05, 0.1) is 0 Å². The Kier molecular flexibility index (Phi) is 6.83. The molecule has 0 aliphatic heterocycles. The molecule has 1 aromatic carbocycles. The van der Waals surface area contributed by atoms with Crippen LogP contribution in [0.1, 0.15) is 69.9 Å². The Morgan fingerprint density at radius 3 is 2.77 bits per heavy atom. The minimum atomic E-state index is -0.802. The number of unbranched alkanes of at least 4 members (excludes halogenated alkanes) is 2. The first kappa shape index (κ1) is 20.0. The summed E-state index contributed by atoms with van der Waals surface area (Å²) < 4.78 is 0. The quantitative estimate of drug-likeness (QED) is 0.279. The van der Waals surface area contributed by atoms with E-state index in [4.69, 9.17) is 4.84 Å². The van der Waals surface area contributed by atoms with Crippen LogP contribution >= 0.6 is 0 Å². The fourth-order valence-electron chi connectivity index (χ4n) is 3.79. The van der Waals surface area contributed by atoms with E-state index in [1.54, 1.807) is 12.1 Å².